The molecule has 14 heavy (non-hydrogen) atoms. The van der Waals surface area contributed by atoms with E-state index in [4.69, 9.17) is 5.53 Å². The maximum absolute atomic E-state index is 11.5. The first kappa shape index (κ1) is 10.6. The quantitative estimate of drug-likeness (QED) is 0.351. The van der Waals surface area contributed by atoms with Gasteiger partial charge in [0.15, 0.2) is 0 Å². The van der Waals surface area contributed by atoms with Crippen molar-refractivity contribution in [3.63, 3.8) is 0 Å². The molecule has 1 N–H and O–H groups in total. The number of amides is 1. The van der Waals surface area contributed by atoms with Crippen LogP contribution in [-0.2, 0) is 0 Å². The summed E-state index contributed by atoms with van der Waals surface area (Å²) in [5.41, 5.74) is 9.67. The lowest BCUT2D eigenvalue weighted by Crippen LogP contribution is -2.25. The molecule has 0 spiro atoms. The van der Waals surface area contributed by atoms with Crippen molar-refractivity contribution < 1.29 is 4.79 Å². The SMILES string of the molecule is Cc1cscc1C(=O)NCCN=[N+]=[N-]. The Balaban J connectivity index is 2.43. The van der Waals surface area contributed by atoms with Gasteiger partial charge in [0.25, 0.3) is 5.91 Å². The van der Waals surface area contributed by atoms with Crippen LogP contribution >= 0.6 is 11.3 Å². The Bertz CT molecular complexity index is 367. The summed E-state index contributed by atoms with van der Waals surface area (Å²) in [6, 6.07) is 0. The second-order valence-electron chi connectivity index (χ2n) is 2.68. The van der Waals surface area contributed by atoms with Gasteiger partial charge in [-0.3, -0.25) is 4.79 Å². The standard InChI is InChI=1S/C8H10N4OS/c1-6-4-14-5-7(6)8(13)10-2-3-11-12-9/h4-5H,2-3H2,1H3,(H,10,13). The van der Waals surface area contributed by atoms with Crippen LogP contribution in [0.15, 0.2) is 15.9 Å². The fourth-order valence-electron chi connectivity index (χ4n) is 0.953. The predicted molar refractivity (Wildman–Crippen MR) is 55.4 cm³/mol. The third-order valence-electron chi connectivity index (χ3n) is 1.66. The zero-order valence-electron chi connectivity index (χ0n) is 7.73. The predicted octanol–water partition coefficient (Wildman–Crippen LogP) is 2.10. The first-order valence-corrected chi connectivity index (χ1v) is 5.02. The highest BCUT2D eigenvalue weighted by Gasteiger charge is 2.07. The highest BCUT2D eigenvalue weighted by Crippen LogP contribution is 2.12. The summed E-state index contributed by atoms with van der Waals surface area (Å²) < 4.78 is 0. The minimum absolute atomic E-state index is 0.114. The largest absolute Gasteiger partial charge is 0.352 e. The number of nitrogens with one attached hydrogen (secondary N) is 1. The first-order chi connectivity index (χ1) is 6.75. The molecule has 1 aromatic rings. The van der Waals surface area contributed by atoms with Gasteiger partial charge in [0.2, 0.25) is 0 Å². The Morgan fingerprint density at radius 3 is 3.07 bits per heavy atom. The van der Waals surface area contributed by atoms with Crippen molar-refractivity contribution in [2.45, 2.75) is 6.92 Å². The molecule has 1 rings (SSSR count). The molecule has 6 heteroatoms. The summed E-state index contributed by atoms with van der Waals surface area (Å²) in [4.78, 5) is 14.0. The lowest BCUT2D eigenvalue weighted by Gasteiger charge is -2.01. The van der Waals surface area contributed by atoms with Crippen LogP contribution in [0, 0.1) is 6.92 Å². The average Bonchev–Trinajstić information content (AvgIpc) is 2.59. The molecule has 0 fully saturated rings. The fourth-order valence-corrected chi connectivity index (χ4v) is 1.78. The number of thiophene rings is 1. The summed E-state index contributed by atoms with van der Waals surface area (Å²) >= 11 is 1.50. The molecule has 0 saturated carbocycles. The van der Waals surface area contributed by atoms with E-state index in [1.54, 1.807) is 5.38 Å². The van der Waals surface area contributed by atoms with Crippen molar-refractivity contribution in [2.24, 2.45) is 5.11 Å². The molecule has 1 amide bonds. The molecule has 1 heterocycles. The molecule has 0 aliphatic carbocycles. The highest BCUT2D eigenvalue weighted by atomic mass is 32.1. The monoisotopic (exact) mass is 210 g/mol. The topological polar surface area (TPSA) is 77.9 Å². The minimum atomic E-state index is -0.114. The van der Waals surface area contributed by atoms with E-state index < -0.39 is 0 Å². The normalized spacial score (nSPS) is 9.21. The van der Waals surface area contributed by atoms with Gasteiger partial charge in [0, 0.05) is 23.4 Å². The summed E-state index contributed by atoms with van der Waals surface area (Å²) in [5.74, 6) is -0.114. The van der Waals surface area contributed by atoms with Crippen LogP contribution in [0.25, 0.3) is 10.4 Å². The van der Waals surface area contributed by atoms with Crippen LogP contribution in [0.4, 0.5) is 0 Å². The lowest BCUT2D eigenvalue weighted by atomic mass is 10.2. The van der Waals surface area contributed by atoms with Crippen molar-refractivity contribution in [2.75, 3.05) is 13.1 Å². The number of azide groups is 1. The van der Waals surface area contributed by atoms with Gasteiger partial charge in [0.05, 0.1) is 5.56 Å². The molecule has 0 aromatic carbocycles. The van der Waals surface area contributed by atoms with Gasteiger partial charge in [-0.1, -0.05) is 5.11 Å². The van der Waals surface area contributed by atoms with Crippen LogP contribution in [0.5, 0.6) is 0 Å². The van der Waals surface area contributed by atoms with Gasteiger partial charge in [-0.25, -0.2) is 0 Å². The van der Waals surface area contributed by atoms with E-state index in [0.717, 1.165) is 5.56 Å². The van der Waals surface area contributed by atoms with E-state index in [-0.39, 0.29) is 12.5 Å². The summed E-state index contributed by atoms with van der Waals surface area (Å²) in [7, 11) is 0. The number of rotatable bonds is 4. The van der Waals surface area contributed by atoms with Crippen molar-refractivity contribution in [1.82, 2.24) is 5.32 Å². The Morgan fingerprint density at radius 1 is 1.71 bits per heavy atom. The van der Waals surface area contributed by atoms with Gasteiger partial charge >= 0.3 is 0 Å². The number of aryl methyl sites for hydroxylation is 1. The maximum Gasteiger partial charge on any atom is 0.252 e. The fraction of sp³-hybridized carbons (Fsp3) is 0.375. The van der Waals surface area contributed by atoms with Crippen LogP contribution in [0.2, 0.25) is 0 Å². The van der Waals surface area contributed by atoms with Gasteiger partial charge in [-0.05, 0) is 23.4 Å². The molecule has 0 aliphatic rings. The van der Waals surface area contributed by atoms with Crippen LogP contribution in [0.1, 0.15) is 15.9 Å². The second-order valence-corrected chi connectivity index (χ2v) is 3.42. The number of hydrogen-bond acceptors (Lipinski definition) is 3. The van der Waals surface area contributed by atoms with E-state index in [9.17, 15) is 4.79 Å². The molecule has 5 nitrogen and oxygen atoms in total. The van der Waals surface area contributed by atoms with Crippen molar-refractivity contribution in [3.8, 4) is 0 Å². The molecular weight excluding hydrogens is 200 g/mol. The Labute approximate surface area is 85.4 Å². The van der Waals surface area contributed by atoms with Crippen molar-refractivity contribution in [3.05, 3.63) is 32.3 Å². The van der Waals surface area contributed by atoms with Crippen LogP contribution in [0.3, 0.4) is 0 Å². The van der Waals surface area contributed by atoms with E-state index >= 15 is 0 Å². The number of nitrogens with zero attached hydrogens (tertiary/aromatic N) is 3. The third-order valence-corrected chi connectivity index (χ3v) is 2.52. The summed E-state index contributed by atoms with van der Waals surface area (Å²) in [5, 5.41) is 9.70. The number of carbonyl (C=O) groups is 1. The molecule has 1 aromatic heterocycles. The van der Waals surface area contributed by atoms with Crippen molar-refractivity contribution in [1.29, 1.82) is 0 Å². The van der Waals surface area contributed by atoms with Gasteiger partial charge in [-0.15, -0.1) is 0 Å². The van der Waals surface area contributed by atoms with Gasteiger partial charge < -0.3 is 5.32 Å². The maximum atomic E-state index is 11.5. The highest BCUT2D eigenvalue weighted by molar-refractivity contribution is 7.08. The Kier molecular flexibility index (Phi) is 3.97. The summed E-state index contributed by atoms with van der Waals surface area (Å²) in [6.45, 7) is 2.54. The van der Waals surface area contributed by atoms with Gasteiger partial charge in [-0.2, -0.15) is 11.3 Å². The van der Waals surface area contributed by atoms with Crippen molar-refractivity contribution >= 4 is 17.2 Å². The molecule has 0 bridgehead atoms. The number of hydrogen-bond donors (Lipinski definition) is 1. The zero-order valence-corrected chi connectivity index (χ0v) is 8.54. The Hall–Kier alpha value is -1.52. The molecule has 0 radical (unpaired) electrons. The molecule has 0 aliphatic heterocycles. The third kappa shape index (κ3) is 2.76. The molecule has 0 atom stereocenters. The zero-order chi connectivity index (χ0) is 10.4. The van der Waals surface area contributed by atoms with E-state index in [1.165, 1.54) is 11.3 Å². The molecule has 0 unspecified atom stereocenters. The van der Waals surface area contributed by atoms with Crippen LogP contribution < -0.4 is 5.32 Å². The van der Waals surface area contributed by atoms with Crippen LogP contribution in [-0.4, -0.2) is 19.0 Å². The summed E-state index contributed by atoms with van der Waals surface area (Å²) in [6.07, 6.45) is 0. The minimum Gasteiger partial charge on any atom is -0.352 e. The Morgan fingerprint density at radius 2 is 2.50 bits per heavy atom. The average molecular weight is 210 g/mol. The van der Waals surface area contributed by atoms with E-state index in [0.29, 0.717) is 12.1 Å². The van der Waals surface area contributed by atoms with E-state index in [1.807, 2.05) is 12.3 Å². The second kappa shape index (κ2) is 5.26. The molecular formula is C8H10N4OS. The smallest absolute Gasteiger partial charge is 0.252 e. The van der Waals surface area contributed by atoms with E-state index in [2.05, 4.69) is 15.3 Å². The first-order valence-electron chi connectivity index (χ1n) is 4.07. The van der Waals surface area contributed by atoms with Gasteiger partial charge in [0.1, 0.15) is 0 Å². The lowest BCUT2D eigenvalue weighted by molar-refractivity contribution is 0.0954. The molecule has 0 saturated heterocycles. The number of carbonyl (C=O) groups excluding carboxylic acids is 1. The molecule has 74 valence electrons.